The van der Waals surface area contributed by atoms with E-state index in [1.807, 2.05) is 0 Å². The Morgan fingerprint density at radius 3 is 2.35 bits per heavy atom. The average molecular weight is 343 g/mol. The van der Waals surface area contributed by atoms with Crippen molar-refractivity contribution in [2.24, 2.45) is 0 Å². The number of hydrogen-bond donors (Lipinski definition) is 1. The summed E-state index contributed by atoms with van der Waals surface area (Å²) in [5.41, 5.74) is -0.959. The average Bonchev–Trinajstić information content (AvgIpc) is 2.76. The van der Waals surface area contributed by atoms with Gasteiger partial charge in [-0.25, -0.2) is 13.4 Å². The summed E-state index contributed by atoms with van der Waals surface area (Å²) >= 11 is 6.45. The second kappa shape index (κ2) is 5.23. The van der Waals surface area contributed by atoms with E-state index < -0.39 is 21.8 Å². The minimum Gasteiger partial charge on any atom is -0.263 e. The Bertz CT molecular complexity index is 711. The Balaban J connectivity index is 2.22. The summed E-state index contributed by atoms with van der Waals surface area (Å²) in [6.45, 7) is 0. The number of sulfonamides is 1. The van der Waals surface area contributed by atoms with E-state index in [9.17, 15) is 21.6 Å². The molecule has 0 amide bonds. The molecule has 0 aliphatic rings. The van der Waals surface area contributed by atoms with Crippen molar-refractivity contribution in [2.75, 3.05) is 4.72 Å². The first-order chi connectivity index (χ1) is 9.18. The van der Waals surface area contributed by atoms with E-state index in [4.69, 9.17) is 11.6 Å². The number of aromatic nitrogens is 1. The lowest BCUT2D eigenvalue weighted by Crippen LogP contribution is -2.13. The molecule has 2 aromatic rings. The maximum atomic E-state index is 12.3. The third-order valence-electron chi connectivity index (χ3n) is 2.14. The molecule has 20 heavy (non-hydrogen) atoms. The SMILES string of the molecule is O=S(=O)(Nc1ccc(C(F)(F)F)cn1)c1ccc(Cl)s1. The molecular formula is C10H6ClF3N2O2S2. The zero-order valence-electron chi connectivity index (χ0n) is 9.48. The second-order valence-corrected chi connectivity index (χ2v) is 7.22. The molecule has 10 heteroatoms. The molecule has 0 radical (unpaired) electrons. The van der Waals surface area contributed by atoms with Gasteiger partial charge < -0.3 is 0 Å². The number of thiophene rings is 1. The number of nitrogens with one attached hydrogen (secondary N) is 1. The van der Waals surface area contributed by atoms with Gasteiger partial charge in [0.05, 0.1) is 9.90 Å². The van der Waals surface area contributed by atoms with E-state index in [0.717, 1.165) is 23.5 Å². The summed E-state index contributed by atoms with van der Waals surface area (Å²) in [6.07, 6.45) is -3.97. The zero-order chi connectivity index (χ0) is 15.0. The maximum Gasteiger partial charge on any atom is 0.417 e. The summed E-state index contributed by atoms with van der Waals surface area (Å²) in [4.78, 5) is 3.42. The maximum absolute atomic E-state index is 12.3. The van der Waals surface area contributed by atoms with Gasteiger partial charge in [0.15, 0.2) is 0 Å². The number of hydrogen-bond acceptors (Lipinski definition) is 4. The van der Waals surface area contributed by atoms with Crippen molar-refractivity contribution in [3.05, 3.63) is 40.4 Å². The summed E-state index contributed by atoms with van der Waals surface area (Å²) in [5.74, 6) is -0.206. The molecule has 2 heterocycles. The molecule has 0 saturated heterocycles. The molecule has 0 bridgehead atoms. The first kappa shape index (κ1) is 15.1. The highest BCUT2D eigenvalue weighted by Gasteiger charge is 2.30. The summed E-state index contributed by atoms with van der Waals surface area (Å²) in [5, 5.41) is 0. The van der Waals surface area contributed by atoms with E-state index in [2.05, 4.69) is 9.71 Å². The monoisotopic (exact) mass is 342 g/mol. The van der Waals surface area contributed by atoms with Crippen molar-refractivity contribution < 1.29 is 21.6 Å². The van der Waals surface area contributed by atoms with E-state index in [1.54, 1.807) is 0 Å². The minimum absolute atomic E-state index is 0.0517. The lowest BCUT2D eigenvalue weighted by molar-refractivity contribution is -0.137. The van der Waals surface area contributed by atoms with Gasteiger partial charge in [0.1, 0.15) is 10.0 Å². The van der Waals surface area contributed by atoms with Gasteiger partial charge in [0.25, 0.3) is 10.0 Å². The third-order valence-corrected chi connectivity index (χ3v) is 5.22. The van der Waals surface area contributed by atoms with Crippen molar-refractivity contribution in [1.82, 2.24) is 4.98 Å². The smallest absolute Gasteiger partial charge is 0.263 e. The van der Waals surface area contributed by atoms with Crippen LogP contribution in [0.4, 0.5) is 19.0 Å². The standard InChI is InChI=1S/C10H6ClF3N2O2S2/c11-7-2-4-9(19-7)20(17,18)16-8-3-1-6(5-15-8)10(12,13)14/h1-5H,(H,15,16). The first-order valence-electron chi connectivity index (χ1n) is 5.00. The van der Waals surface area contributed by atoms with E-state index >= 15 is 0 Å². The summed E-state index contributed by atoms with van der Waals surface area (Å²) in [6, 6.07) is 4.38. The molecule has 2 rings (SSSR count). The zero-order valence-corrected chi connectivity index (χ0v) is 11.9. The van der Waals surface area contributed by atoms with Crippen LogP contribution in [0.1, 0.15) is 5.56 Å². The fourth-order valence-electron chi connectivity index (χ4n) is 1.25. The summed E-state index contributed by atoms with van der Waals surface area (Å²) in [7, 11) is -3.90. The fraction of sp³-hybridized carbons (Fsp3) is 0.100. The highest BCUT2D eigenvalue weighted by atomic mass is 35.5. The lowest BCUT2D eigenvalue weighted by Gasteiger charge is -2.08. The van der Waals surface area contributed by atoms with E-state index in [-0.39, 0.29) is 14.4 Å². The Kier molecular flexibility index (Phi) is 3.94. The van der Waals surface area contributed by atoms with Gasteiger partial charge in [-0.05, 0) is 24.3 Å². The lowest BCUT2D eigenvalue weighted by atomic mass is 10.3. The summed E-state index contributed by atoms with van der Waals surface area (Å²) < 4.78 is 63.1. The Morgan fingerprint density at radius 1 is 1.20 bits per heavy atom. The van der Waals surface area contributed by atoms with Crippen molar-refractivity contribution in [3.63, 3.8) is 0 Å². The van der Waals surface area contributed by atoms with Crippen LogP contribution in [0.25, 0.3) is 0 Å². The van der Waals surface area contributed by atoms with Crippen molar-refractivity contribution in [1.29, 1.82) is 0 Å². The molecule has 0 aliphatic carbocycles. The van der Waals surface area contributed by atoms with Crippen molar-refractivity contribution in [2.45, 2.75) is 10.4 Å². The molecular weight excluding hydrogens is 337 g/mol. The molecule has 0 spiro atoms. The predicted octanol–water partition coefficient (Wildman–Crippen LogP) is 3.62. The van der Waals surface area contributed by atoms with Gasteiger partial charge in [-0.2, -0.15) is 13.2 Å². The van der Waals surface area contributed by atoms with Crippen LogP contribution in [0.5, 0.6) is 0 Å². The quantitative estimate of drug-likeness (QED) is 0.926. The van der Waals surface area contributed by atoms with Crippen LogP contribution in [0.3, 0.4) is 0 Å². The number of anilines is 1. The predicted molar refractivity (Wildman–Crippen MR) is 69.4 cm³/mol. The molecule has 1 N–H and O–H groups in total. The highest BCUT2D eigenvalue weighted by Crippen LogP contribution is 2.30. The van der Waals surface area contributed by atoms with Gasteiger partial charge >= 0.3 is 6.18 Å². The van der Waals surface area contributed by atoms with Gasteiger partial charge in [-0.1, -0.05) is 11.6 Å². The topological polar surface area (TPSA) is 59.1 Å². The van der Waals surface area contributed by atoms with Crippen molar-refractivity contribution >= 4 is 38.8 Å². The van der Waals surface area contributed by atoms with Crippen LogP contribution in [0.15, 0.2) is 34.7 Å². The molecule has 4 nitrogen and oxygen atoms in total. The largest absolute Gasteiger partial charge is 0.417 e. The molecule has 0 unspecified atom stereocenters. The van der Waals surface area contributed by atoms with E-state index in [0.29, 0.717) is 6.20 Å². The molecule has 0 aliphatic heterocycles. The number of nitrogens with zero attached hydrogens (tertiary/aromatic N) is 1. The molecule has 0 fully saturated rings. The number of pyridine rings is 1. The number of alkyl halides is 3. The normalized spacial score (nSPS) is 12.4. The molecule has 0 atom stereocenters. The molecule has 2 aromatic heterocycles. The molecule has 108 valence electrons. The van der Waals surface area contributed by atoms with Gasteiger partial charge in [-0.3, -0.25) is 4.72 Å². The van der Waals surface area contributed by atoms with Crippen LogP contribution in [-0.2, 0) is 16.2 Å². The Morgan fingerprint density at radius 2 is 1.90 bits per heavy atom. The second-order valence-electron chi connectivity index (χ2n) is 3.59. The van der Waals surface area contributed by atoms with E-state index in [1.165, 1.54) is 12.1 Å². The van der Waals surface area contributed by atoms with Gasteiger partial charge in [0, 0.05) is 6.20 Å². The minimum atomic E-state index is -4.52. The third kappa shape index (κ3) is 3.41. The van der Waals surface area contributed by atoms with Crippen LogP contribution in [0.2, 0.25) is 4.34 Å². The van der Waals surface area contributed by atoms with Gasteiger partial charge in [-0.15, -0.1) is 11.3 Å². The highest BCUT2D eigenvalue weighted by molar-refractivity contribution is 7.94. The van der Waals surface area contributed by atoms with Crippen molar-refractivity contribution in [3.8, 4) is 0 Å². The Labute approximate surface area is 121 Å². The van der Waals surface area contributed by atoms with Crippen LogP contribution in [0, 0.1) is 0 Å². The molecule has 0 aromatic carbocycles. The number of halogens is 4. The van der Waals surface area contributed by atoms with Crippen LogP contribution in [-0.4, -0.2) is 13.4 Å². The van der Waals surface area contributed by atoms with Crippen LogP contribution >= 0.6 is 22.9 Å². The Hall–Kier alpha value is -1.32. The number of rotatable bonds is 3. The van der Waals surface area contributed by atoms with Crippen LogP contribution < -0.4 is 4.72 Å². The molecule has 0 saturated carbocycles. The fourth-order valence-corrected chi connectivity index (χ4v) is 3.74. The first-order valence-corrected chi connectivity index (χ1v) is 7.68. The van der Waals surface area contributed by atoms with Gasteiger partial charge in [0.2, 0.25) is 0 Å².